The van der Waals surface area contributed by atoms with E-state index >= 15 is 0 Å². The number of carbonyl (C=O) groups is 2. The van der Waals surface area contributed by atoms with Gasteiger partial charge in [0.15, 0.2) is 0 Å². The van der Waals surface area contributed by atoms with Gasteiger partial charge in [0.2, 0.25) is 11.8 Å². The van der Waals surface area contributed by atoms with E-state index in [1.165, 1.54) is 0 Å². The SMILES string of the molecule is CCCC(=O)NCCCC(=O)N(C(C)CC)C(C)CC. The Morgan fingerprint density at radius 2 is 1.55 bits per heavy atom. The molecule has 2 amide bonds. The first kappa shape index (κ1) is 18.9. The first-order valence-corrected chi connectivity index (χ1v) is 8.05. The molecule has 0 spiro atoms. The summed E-state index contributed by atoms with van der Waals surface area (Å²) in [6, 6.07) is 0.569. The lowest BCUT2D eigenvalue weighted by Crippen LogP contribution is -2.44. The van der Waals surface area contributed by atoms with Crippen LogP contribution in [0.2, 0.25) is 0 Å². The van der Waals surface area contributed by atoms with Gasteiger partial charge in [0.05, 0.1) is 0 Å². The Bertz CT molecular complexity index is 282. The largest absolute Gasteiger partial charge is 0.356 e. The third-order valence-corrected chi connectivity index (χ3v) is 3.79. The van der Waals surface area contributed by atoms with Gasteiger partial charge in [-0.3, -0.25) is 9.59 Å². The number of nitrogens with zero attached hydrogens (tertiary/aromatic N) is 1. The summed E-state index contributed by atoms with van der Waals surface area (Å²) in [5.74, 6) is 0.291. The minimum Gasteiger partial charge on any atom is -0.356 e. The summed E-state index contributed by atoms with van der Waals surface area (Å²) in [6.45, 7) is 11.0. The lowest BCUT2D eigenvalue weighted by molar-refractivity contribution is -0.136. The van der Waals surface area contributed by atoms with Gasteiger partial charge in [-0.05, 0) is 39.5 Å². The van der Waals surface area contributed by atoms with E-state index in [0.29, 0.717) is 19.4 Å². The molecule has 4 nitrogen and oxygen atoms in total. The van der Waals surface area contributed by atoms with Crippen molar-refractivity contribution in [2.24, 2.45) is 0 Å². The van der Waals surface area contributed by atoms with Crippen molar-refractivity contribution in [3.05, 3.63) is 0 Å². The van der Waals surface area contributed by atoms with Crippen LogP contribution in [0.3, 0.4) is 0 Å². The van der Waals surface area contributed by atoms with Gasteiger partial charge in [-0.25, -0.2) is 0 Å². The number of nitrogens with one attached hydrogen (secondary N) is 1. The maximum atomic E-state index is 12.3. The van der Waals surface area contributed by atoms with Gasteiger partial charge in [0, 0.05) is 31.5 Å². The smallest absolute Gasteiger partial charge is 0.223 e. The normalized spacial score (nSPS) is 13.7. The number of rotatable bonds is 10. The van der Waals surface area contributed by atoms with Crippen LogP contribution in [0, 0.1) is 0 Å². The first-order valence-electron chi connectivity index (χ1n) is 8.05. The summed E-state index contributed by atoms with van der Waals surface area (Å²) in [7, 11) is 0. The van der Waals surface area contributed by atoms with Crippen LogP contribution in [0.5, 0.6) is 0 Å². The van der Waals surface area contributed by atoms with Crippen LogP contribution in [-0.4, -0.2) is 35.3 Å². The van der Waals surface area contributed by atoms with Crippen LogP contribution in [0.25, 0.3) is 0 Å². The molecule has 0 aliphatic carbocycles. The number of carbonyl (C=O) groups excluding carboxylic acids is 2. The molecule has 0 aromatic carbocycles. The molecule has 0 saturated carbocycles. The Balaban J connectivity index is 4.17. The summed E-state index contributed by atoms with van der Waals surface area (Å²) >= 11 is 0. The van der Waals surface area contributed by atoms with E-state index in [4.69, 9.17) is 0 Å². The van der Waals surface area contributed by atoms with E-state index in [9.17, 15) is 9.59 Å². The summed E-state index contributed by atoms with van der Waals surface area (Å²) in [5.41, 5.74) is 0. The average Bonchev–Trinajstić information content (AvgIpc) is 2.43. The standard InChI is InChI=1S/C16H32N2O2/c1-6-10-15(19)17-12-9-11-16(20)18(13(4)7-2)14(5)8-3/h13-14H,6-12H2,1-5H3,(H,17,19). The Kier molecular flexibility index (Phi) is 10.1. The van der Waals surface area contributed by atoms with Gasteiger partial charge < -0.3 is 10.2 Å². The zero-order valence-corrected chi connectivity index (χ0v) is 13.9. The molecule has 0 aromatic heterocycles. The van der Waals surface area contributed by atoms with E-state index in [1.807, 2.05) is 11.8 Å². The predicted molar refractivity (Wildman–Crippen MR) is 83.5 cm³/mol. The van der Waals surface area contributed by atoms with Gasteiger partial charge in [-0.15, -0.1) is 0 Å². The molecule has 118 valence electrons. The molecule has 4 heteroatoms. The second-order valence-corrected chi connectivity index (χ2v) is 5.52. The Morgan fingerprint density at radius 3 is 2.00 bits per heavy atom. The fraction of sp³-hybridized carbons (Fsp3) is 0.875. The Hall–Kier alpha value is -1.06. The van der Waals surface area contributed by atoms with Gasteiger partial charge in [-0.2, -0.15) is 0 Å². The quantitative estimate of drug-likeness (QED) is 0.627. The highest BCUT2D eigenvalue weighted by atomic mass is 16.2. The van der Waals surface area contributed by atoms with Crippen molar-refractivity contribution < 1.29 is 9.59 Å². The zero-order chi connectivity index (χ0) is 15.5. The monoisotopic (exact) mass is 284 g/mol. The highest BCUT2D eigenvalue weighted by Gasteiger charge is 2.22. The van der Waals surface area contributed by atoms with E-state index in [2.05, 4.69) is 33.0 Å². The van der Waals surface area contributed by atoms with Gasteiger partial charge in [-0.1, -0.05) is 20.8 Å². The molecule has 0 heterocycles. The summed E-state index contributed by atoms with van der Waals surface area (Å²) in [4.78, 5) is 25.7. The van der Waals surface area contributed by atoms with Crippen LogP contribution < -0.4 is 5.32 Å². The third kappa shape index (κ3) is 6.92. The number of amides is 2. The van der Waals surface area contributed by atoms with Crippen LogP contribution in [0.15, 0.2) is 0 Å². The number of hydrogen-bond acceptors (Lipinski definition) is 2. The maximum Gasteiger partial charge on any atom is 0.223 e. The van der Waals surface area contributed by atoms with Crippen molar-refractivity contribution in [3.8, 4) is 0 Å². The predicted octanol–water partition coefficient (Wildman–Crippen LogP) is 3.11. The van der Waals surface area contributed by atoms with Crippen LogP contribution in [0.4, 0.5) is 0 Å². The fourth-order valence-electron chi connectivity index (χ4n) is 2.23. The maximum absolute atomic E-state index is 12.3. The molecule has 0 aliphatic rings. The molecule has 0 fully saturated rings. The van der Waals surface area contributed by atoms with Crippen molar-refractivity contribution in [2.45, 2.75) is 85.2 Å². The molecule has 0 aliphatic heterocycles. The zero-order valence-electron chi connectivity index (χ0n) is 13.9. The second-order valence-electron chi connectivity index (χ2n) is 5.52. The molecule has 0 saturated heterocycles. The minimum atomic E-state index is 0.0839. The van der Waals surface area contributed by atoms with E-state index < -0.39 is 0 Å². The Morgan fingerprint density at radius 1 is 1.00 bits per heavy atom. The highest BCUT2D eigenvalue weighted by molar-refractivity contribution is 5.77. The van der Waals surface area contributed by atoms with Gasteiger partial charge in [0.25, 0.3) is 0 Å². The molecule has 0 rings (SSSR count). The highest BCUT2D eigenvalue weighted by Crippen LogP contribution is 2.14. The van der Waals surface area contributed by atoms with Crippen LogP contribution >= 0.6 is 0 Å². The summed E-state index contributed by atoms with van der Waals surface area (Å²) in [6.07, 6.45) is 4.62. The van der Waals surface area contributed by atoms with E-state index in [1.54, 1.807) is 0 Å². The van der Waals surface area contributed by atoms with Crippen molar-refractivity contribution in [1.29, 1.82) is 0 Å². The van der Waals surface area contributed by atoms with E-state index in [0.717, 1.165) is 25.7 Å². The summed E-state index contributed by atoms with van der Waals surface area (Å²) < 4.78 is 0. The molecule has 20 heavy (non-hydrogen) atoms. The lowest BCUT2D eigenvalue weighted by Gasteiger charge is -2.34. The molecular formula is C16H32N2O2. The van der Waals surface area contributed by atoms with Crippen molar-refractivity contribution in [3.63, 3.8) is 0 Å². The molecule has 0 bridgehead atoms. The molecule has 0 aromatic rings. The van der Waals surface area contributed by atoms with Gasteiger partial charge >= 0.3 is 0 Å². The molecule has 2 atom stereocenters. The lowest BCUT2D eigenvalue weighted by atomic mass is 10.1. The Labute approximate surface area is 124 Å². The van der Waals surface area contributed by atoms with Crippen molar-refractivity contribution in [1.82, 2.24) is 10.2 Å². The first-order chi connectivity index (χ1) is 9.47. The van der Waals surface area contributed by atoms with Crippen LogP contribution in [-0.2, 0) is 9.59 Å². The molecule has 0 radical (unpaired) electrons. The fourth-order valence-corrected chi connectivity index (χ4v) is 2.23. The van der Waals surface area contributed by atoms with E-state index in [-0.39, 0.29) is 23.9 Å². The summed E-state index contributed by atoms with van der Waals surface area (Å²) in [5, 5.41) is 2.85. The average molecular weight is 284 g/mol. The molecule has 1 N–H and O–H groups in total. The van der Waals surface area contributed by atoms with Gasteiger partial charge in [0.1, 0.15) is 0 Å². The number of hydrogen-bond donors (Lipinski definition) is 1. The van der Waals surface area contributed by atoms with Crippen LogP contribution in [0.1, 0.15) is 73.1 Å². The van der Waals surface area contributed by atoms with Crippen molar-refractivity contribution >= 4 is 11.8 Å². The third-order valence-electron chi connectivity index (χ3n) is 3.79. The topological polar surface area (TPSA) is 49.4 Å². The van der Waals surface area contributed by atoms with Crippen molar-refractivity contribution in [2.75, 3.05) is 6.54 Å². The second kappa shape index (κ2) is 10.7. The molecular weight excluding hydrogens is 252 g/mol. The molecule has 2 unspecified atom stereocenters. The minimum absolute atomic E-state index is 0.0839.